The highest BCUT2D eigenvalue weighted by Gasteiger charge is 2.30. The minimum absolute atomic E-state index is 0.240. The molecule has 1 atom stereocenters. The number of para-hydroxylation sites is 1. The summed E-state index contributed by atoms with van der Waals surface area (Å²) in [5, 5.41) is 3.24. The highest BCUT2D eigenvalue weighted by molar-refractivity contribution is 7.92. The SMILES string of the molecule is Cc1ccc(Cl)cc1N(C(C)C(=O)NCc1ccccc1-n1ccnc1)S(C)(=O)=O. The fraction of sp³-hybridized carbons (Fsp3) is 0.238. The molecule has 1 unspecified atom stereocenters. The summed E-state index contributed by atoms with van der Waals surface area (Å²) in [6.45, 7) is 3.57. The summed E-state index contributed by atoms with van der Waals surface area (Å²) in [7, 11) is -3.73. The molecule has 9 heteroatoms. The van der Waals surface area contributed by atoms with Gasteiger partial charge in [0.15, 0.2) is 0 Å². The van der Waals surface area contributed by atoms with Crippen molar-refractivity contribution >= 4 is 33.2 Å². The second-order valence-corrected chi connectivity index (χ2v) is 9.28. The van der Waals surface area contributed by atoms with Gasteiger partial charge in [-0.05, 0) is 43.2 Å². The molecule has 0 radical (unpaired) electrons. The largest absolute Gasteiger partial charge is 0.350 e. The number of nitrogens with one attached hydrogen (secondary N) is 1. The van der Waals surface area contributed by atoms with E-state index >= 15 is 0 Å². The van der Waals surface area contributed by atoms with Crippen LogP contribution < -0.4 is 9.62 Å². The summed E-state index contributed by atoms with van der Waals surface area (Å²) < 4.78 is 28.0. The first-order chi connectivity index (χ1) is 14.2. The van der Waals surface area contributed by atoms with Gasteiger partial charge in [-0.15, -0.1) is 0 Å². The molecule has 1 heterocycles. The first-order valence-corrected chi connectivity index (χ1v) is 11.5. The Morgan fingerprint density at radius 1 is 1.27 bits per heavy atom. The molecule has 0 aliphatic heterocycles. The van der Waals surface area contributed by atoms with Crippen molar-refractivity contribution in [3.63, 3.8) is 0 Å². The van der Waals surface area contributed by atoms with Crippen LogP contribution in [-0.2, 0) is 21.4 Å². The number of rotatable bonds is 7. The number of carbonyl (C=O) groups is 1. The van der Waals surface area contributed by atoms with Gasteiger partial charge in [0.1, 0.15) is 6.04 Å². The third kappa shape index (κ3) is 4.83. The quantitative estimate of drug-likeness (QED) is 0.603. The van der Waals surface area contributed by atoms with Gasteiger partial charge in [-0.3, -0.25) is 9.10 Å². The Hall–Kier alpha value is -2.84. The van der Waals surface area contributed by atoms with Crippen LogP contribution in [0.2, 0.25) is 5.02 Å². The average Bonchev–Trinajstić information content (AvgIpc) is 3.22. The van der Waals surface area contributed by atoms with E-state index in [1.165, 1.54) is 0 Å². The lowest BCUT2D eigenvalue weighted by Gasteiger charge is -2.29. The van der Waals surface area contributed by atoms with E-state index in [9.17, 15) is 13.2 Å². The third-order valence-electron chi connectivity index (χ3n) is 4.72. The van der Waals surface area contributed by atoms with E-state index in [-0.39, 0.29) is 6.54 Å². The van der Waals surface area contributed by atoms with Crippen molar-refractivity contribution in [2.75, 3.05) is 10.6 Å². The Morgan fingerprint density at radius 2 is 2.00 bits per heavy atom. The van der Waals surface area contributed by atoms with Crippen LogP contribution >= 0.6 is 11.6 Å². The summed E-state index contributed by atoms with van der Waals surface area (Å²) in [5.74, 6) is -0.416. The number of carbonyl (C=O) groups excluding carboxylic acids is 1. The molecule has 1 N–H and O–H groups in total. The molecule has 0 fully saturated rings. The number of aromatic nitrogens is 2. The van der Waals surface area contributed by atoms with E-state index in [0.717, 1.165) is 21.8 Å². The van der Waals surface area contributed by atoms with Gasteiger partial charge in [-0.1, -0.05) is 35.9 Å². The first-order valence-electron chi connectivity index (χ1n) is 9.28. The molecule has 2 aromatic carbocycles. The Bertz CT molecular complexity index is 1150. The maximum absolute atomic E-state index is 12.9. The Morgan fingerprint density at radius 3 is 2.67 bits per heavy atom. The molecule has 3 aromatic rings. The van der Waals surface area contributed by atoms with Gasteiger partial charge >= 0.3 is 0 Å². The molecule has 0 saturated carbocycles. The summed E-state index contributed by atoms with van der Waals surface area (Å²) in [6, 6.07) is 11.6. The van der Waals surface area contributed by atoms with Crippen LogP contribution in [0.25, 0.3) is 5.69 Å². The summed E-state index contributed by atoms with van der Waals surface area (Å²) >= 11 is 6.07. The molecule has 1 aromatic heterocycles. The molecule has 3 rings (SSSR count). The predicted molar refractivity (Wildman–Crippen MR) is 118 cm³/mol. The fourth-order valence-electron chi connectivity index (χ4n) is 3.24. The molecule has 0 aliphatic rings. The topological polar surface area (TPSA) is 84.3 Å². The molecule has 30 heavy (non-hydrogen) atoms. The number of imidazole rings is 1. The summed E-state index contributed by atoms with van der Waals surface area (Å²) in [6.07, 6.45) is 6.24. The van der Waals surface area contributed by atoms with Crippen molar-refractivity contribution in [1.29, 1.82) is 0 Å². The van der Waals surface area contributed by atoms with Gasteiger partial charge in [0, 0.05) is 24.0 Å². The Balaban J connectivity index is 1.83. The Labute approximate surface area is 181 Å². The smallest absolute Gasteiger partial charge is 0.243 e. The molecule has 0 saturated heterocycles. The summed E-state index contributed by atoms with van der Waals surface area (Å²) in [4.78, 5) is 17.0. The molecule has 0 spiro atoms. The molecule has 7 nitrogen and oxygen atoms in total. The lowest BCUT2D eigenvalue weighted by atomic mass is 10.1. The van der Waals surface area contributed by atoms with E-state index in [1.54, 1.807) is 44.6 Å². The van der Waals surface area contributed by atoms with E-state index < -0.39 is 22.0 Å². The summed E-state index contributed by atoms with van der Waals surface area (Å²) in [5.41, 5.74) is 2.84. The minimum Gasteiger partial charge on any atom is -0.350 e. The molecule has 0 aliphatic carbocycles. The van der Waals surface area contributed by atoms with Gasteiger partial charge in [0.25, 0.3) is 0 Å². The third-order valence-corrected chi connectivity index (χ3v) is 6.19. The second kappa shape index (κ2) is 8.89. The van der Waals surface area contributed by atoms with Crippen LogP contribution in [-0.4, -0.2) is 36.2 Å². The van der Waals surface area contributed by atoms with Crippen molar-refractivity contribution in [1.82, 2.24) is 14.9 Å². The second-order valence-electron chi connectivity index (χ2n) is 6.98. The van der Waals surface area contributed by atoms with E-state index in [4.69, 9.17) is 11.6 Å². The minimum atomic E-state index is -3.73. The van der Waals surface area contributed by atoms with Crippen molar-refractivity contribution in [2.45, 2.75) is 26.4 Å². The van der Waals surface area contributed by atoms with Crippen molar-refractivity contribution in [3.05, 3.63) is 77.3 Å². The van der Waals surface area contributed by atoms with E-state index in [0.29, 0.717) is 16.3 Å². The maximum Gasteiger partial charge on any atom is 0.243 e. The van der Waals surface area contributed by atoms with Crippen molar-refractivity contribution in [2.24, 2.45) is 0 Å². The molecular weight excluding hydrogens is 424 g/mol. The van der Waals surface area contributed by atoms with Gasteiger partial charge < -0.3 is 9.88 Å². The van der Waals surface area contributed by atoms with Crippen LogP contribution in [0.4, 0.5) is 5.69 Å². The molecule has 1 amide bonds. The number of amides is 1. The monoisotopic (exact) mass is 446 g/mol. The number of sulfonamides is 1. The van der Waals surface area contributed by atoms with Crippen LogP contribution in [0.15, 0.2) is 61.2 Å². The van der Waals surface area contributed by atoms with E-state index in [2.05, 4.69) is 10.3 Å². The fourth-order valence-corrected chi connectivity index (χ4v) is 4.64. The lowest BCUT2D eigenvalue weighted by Crippen LogP contribution is -2.48. The number of halogens is 1. The zero-order valence-electron chi connectivity index (χ0n) is 16.9. The van der Waals surface area contributed by atoms with Crippen molar-refractivity contribution in [3.8, 4) is 5.69 Å². The first kappa shape index (κ1) is 21.9. The van der Waals surface area contributed by atoms with Crippen LogP contribution in [0, 0.1) is 6.92 Å². The standard InChI is InChI=1S/C21H23ClN4O3S/c1-15-8-9-18(22)12-20(15)26(30(3,28)29)16(2)21(27)24-13-17-6-4-5-7-19(17)25-11-10-23-14-25/h4-12,14,16H,13H2,1-3H3,(H,24,27). The maximum atomic E-state index is 12.9. The van der Waals surface area contributed by atoms with Crippen LogP contribution in [0.1, 0.15) is 18.1 Å². The van der Waals surface area contributed by atoms with Gasteiger partial charge in [0.2, 0.25) is 15.9 Å². The molecule has 158 valence electrons. The van der Waals surface area contributed by atoms with Crippen LogP contribution in [0.5, 0.6) is 0 Å². The van der Waals surface area contributed by atoms with Crippen molar-refractivity contribution < 1.29 is 13.2 Å². The highest BCUT2D eigenvalue weighted by atomic mass is 35.5. The molecule has 0 bridgehead atoms. The zero-order chi connectivity index (χ0) is 21.9. The number of aryl methyl sites for hydroxylation is 1. The normalized spacial score (nSPS) is 12.4. The lowest BCUT2D eigenvalue weighted by molar-refractivity contribution is -0.122. The molecular formula is C21H23ClN4O3S. The van der Waals surface area contributed by atoms with Gasteiger partial charge in [-0.2, -0.15) is 0 Å². The Kier molecular flexibility index (Phi) is 6.48. The highest BCUT2D eigenvalue weighted by Crippen LogP contribution is 2.28. The number of hydrogen-bond donors (Lipinski definition) is 1. The van der Waals surface area contributed by atoms with Gasteiger partial charge in [-0.25, -0.2) is 13.4 Å². The van der Waals surface area contributed by atoms with Crippen LogP contribution in [0.3, 0.4) is 0 Å². The average molecular weight is 447 g/mol. The van der Waals surface area contributed by atoms with E-state index in [1.807, 2.05) is 35.0 Å². The number of anilines is 1. The van der Waals surface area contributed by atoms with Gasteiger partial charge in [0.05, 0.1) is 24.0 Å². The zero-order valence-corrected chi connectivity index (χ0v) is 18.5. The number of benzene rings is 2. The number of hydrogen-bond acceptors (Lipinski definition) is 4. The predicted octanol–water partition coefficient (Wildman–Crippen LogP) is 3.31. The number of nitrogens with zero attached hydrogens (tertiary/aromatic N) is 3.